The normalized spacial score (nSPS) is 11.8. The fourth-order valence-corrected chi connectivity index (χ4v) is 12.0. The van der Waals surface area contributed by atoms with Gasteiger partial charge in [-0.2, -0.15) is 10.2 Å². The third-order valence-electron chi connectivity index (χ3n) is 21.1. The molecular formula is C96H110N6O10. The molecule has 16 nitrogen and oxygen atoms in total. The number of carbonyl (C=O) groups is 4. The summed E-state index contributed by atoms with van der Waals surface area (Å²) in [6, 6.07) is 66.3. The minimum atomic E-state index is -0.435. The van der Waals surface area contributed by atoms with Crippen molar-refractivity contribution >= 4 is 79.5 Å². The molecule has 10 aromatic rings. The van der Waals surface area contributed by atoms with Crippen LogP contribution in [0, 0.1) is 24.7 Å². The summed E-state index contributed by atoms with van der Waals surface area (Å²) < 4.78 is 33.1. The number of hydrogen-bond donors (Lipinski definition) is 2. The number of nitrogens with zero attached hydrogens (tertiary/aromatic N) is 4. The van der Waals surface area contributed by atoms with Crippen molar-refractivity contribution in [2.24, 2.45) is 31.3 Å². The number of rotatable bonds is 34. The molecule has 0 spiro atoms. The number of fused-ring (bicyclic) bond motifs is 2. The van der Waals surface area contributed by atoms with Gasteiger partial charge < -0.3 is 39.1 Å². The largest absolute Gasteiger partial charge is 0.494 e. The zero-order chi connectivity index (χ0) is 80.6. The van der Waals surface area contributed by atoms with Crippen LogP contribution in [-0.4, -0.2) is 50.3 Å². The smallest absolute Gasteiger partial charge is 0.343 e. The second-order valence-corrected chi connectivity index (χ2v) is 31.7. The second-order valence-electron chi connectivity index (χ2n) is 31.7. The number of carbonyl (C=O) groups excluding carboxylic acids is 4. The van der Waals surface area contributed by atoms with Crippen molar-refractivity contribution in [3.8, 4) is 23.0 Å². The number of ether oxygens (including phenoxy) is 6. The number of nitrogens with one attached hydrogen (secondary N) is 2. The summed E-state index contributed by atoms with van der Waals surface area (Å²) in [6.45, 7) is 40.5. The summed E-state index contributed by atoms with van der Waals surface area (Å²) in [6.07, 6.45) is 7.21. The highest BCUT2D eigenvalue weighted by atomic mass is 16.5. The molecule has 0 bridgehead atoms. The molecule has 0 saturated heterocycles. The van der Waals surface area contributed by atoms with E-state index in [-0.39, 0.29) is 33.6 Å². The van der Waals surface area contributed by atoms with Gasteiger partial charge in [0.25, 0.3) is 0 Å². The topological polar surface area (TPSA) is 197 Å². The van der Waals surface area contributed by atoms with Crippen LogP contribution in [0.25, 0.3) is 21.5 Å². The molecular weight excluding hydrogens is 1400 g/mol. The first-order valence-electron chi connectivity index (χ1n) is 38.8. The molecule has 0 saturated carbocycles. The Labute approximate surface area is 662 Å². The van der Waals surface area contributed by atoms with Gasteiger partial charge in [0.15, 0.2) is 0 Å². The lowest BCUT2D eigenvalue weighted by Crippen LogP contribution is -2.33. The van der Waals surface area contributed by atoms with Gasteiger partial charge in [0.2, 0.25) is 0 Å². The summed E-state index contributed by atoms with van der Waals surface area (Å²) in [5.41, 5.74) is 14.2. The van der Waals surface area contributed by atoms with Gasteiger partial charge in [-0.15, -0.1) is 10.2 Å². The molecule has 584 valence electrons. The van der Waals surface area contributed by atoms with E-state index < -0.39 is 11.9 Å². The lowest BCUT2D eigenvalue weighted by Gasteiger charge is -2.39. The lowest BCUT2D eigenvalue weighted by molar-refractivity contribution is -0.139. The van der Waals surface area contributed by atoms with Gasteiger partial charge in [0, 0.05) is 57.2 Å². The van der Waals surface area contributed by atoms with E-state index in [9.17, 15) is 19.2 Å². The number of aryl methyl sites for hydroxylation is 2. The number of hydrogen-bond acceptors (Lipinski definition) is 16. The summed E-state index contributed by atoms with van der Waals surface area (Å²) in [7, 11) is 0. The van der Waals surface area contributed by atoms with Gasteiger partial charge in [-0.1, -0.05) is 179 Å². The van der Waals surface area contributed by atoms with E-state index in [1.807, 2.05) is 72.8 Å². The highest BCUT2D eigenvalue weighted by Crippen LogP contribution is 2.44. The Morgan fingerprint density at radius 3 is 1.00 bits per heavy atom. The molecule has 0 aliphatic carbocycles. The van der Waals surface area contributed by atoms with Crippen molar-refractivity contribution in [2.75, 3.05) is 37.1 Å². The molecule has 0 amide bonds. The van der Waals surface area contributed by atoms with E-state index >= 15 is 0 Å². The molecule has 0 aromatic heterocycles. The zero-order valence-electron chi connectivity index (χ0n) is 67.8. The lowest BCUT2D eigenvalue weighted by atomic mass is 9.65. The van der Waals surface area contributed by atoms with Crippen LogP contribution < -0.4 is 29.6 Å². The van der Waals surface area contributed by atoms with E-state index in [1.54, 1.807) is 86.6 Å². The third-order valence-corrected chi connectivity index (χ3v) is 21.1. The van der Waals surface area contributed by atoms with Crippen molar-refractivity contribution in [3.05, 3.63) is 275 Å². The zero-order valence-corrected chi connectivity index (χ0v) is 67.8. The van der Waals surface area contributed by atoms with E-state index in [2.05, 4.69) is 178 Å². The summed E-state index contributed by atoms with van der Waals surface area (Å²) in [5, 5.41) is 30.0. The number of benzene rings is 10. The molecule has 10 aromatic carbocycles. The molecule has 2 N–H and O–H groups in total. The Balaban J connectivity index is 0.000000257. The molecule has 10 rings (SSSR count). The number of azo groups is 2. The average Bonchev–Trinajstić information content (AvgIpc) is 0.804. The van der Waals surface area contributed by atoms with Gasteiger partial charge in [-0.3, -0.25) is 0 Å². The molecule has 0 fully saturated rings. The van der Waals surface area contributed by atoms with Crippen LogP contribution in [0.4, 0.5) is 34.1 Å². The Morgan fingerprint density at radius 1 is 0.357 bits per heavy atom. The Morgan fingerprint density at radius 2 is 0.670 bits per heavy atom. The monoisotopic (exact) mass is 1510 g/mol. The number of unbranched alkanes of at least 4 members (excludes halogenated alkanes) is 6. The molecule has 0 aliphatic rings. The van der Waals surface area contributed by atoms with Gasteiger partial charge in [0.05, 0.1) is 60.3 Å². The van der Waals surface area contributed by atoms with E-state index in [0.717, 1.165) is 129 Å². The van der Waals surface area contributed by atoms with Crippen molar-refractivity contribution in [1.29, 1.82) is 0 Å². The maximum Gasteiger partial charge on any atom is 0.343 e. The van der Waals surface area contributed by atoms with E-state index in [4.69, 9.17) is 38.6 Å². The first-order chi connectivity index (χ1) is 53.4. The predicted octanol–water partition coefficient (Wildman–Crippen LogP) is 25.6. The molecule has 0 aliphatic heterocycles. The van der Waals surface area contributed by atoms with Crippen molar-refractivity contribution in [2.45, 2.75) is 172 Å². The Bertz CT molecular complexity index is 4640. The van der Waals surface area contributed by atoms with Gasteiger partial charge >= 0.3 is 23.9 Å². The molecule has 0 radical (unpaired) electrons. The summed E-state index contributed by atoms with van der Waals surface area (Å²) in [4.78, 5) is 48.5. The fourth-order valence-electron chi connectivity index (χ4n) is 12.0. The highest BCUT2D eigenvalue weighted by Gasteiger charge is 2.36. The maximum atomic E-state index is 12.8. The Hall–Kier alpha value is -11.5. The van der Waals surface area contributed by atoms with Crippen molar-refractivity contribution < 1.29 is 47.6 Å². The highest BCUT2D eigenvalue weighted by molar-refractivity contribution is 6.02. The average molecular weight is 1510 g/mol. The van der Waals surface area contributed by atoms with Crippen LogP contribution in [0.15, 0.2) is 251 Å². The van der Waals surface area contributed by atoms with Crippen molar-refractivity contribution in [1.82, 2.24) is 0 Å². The molecule has 0 unspecified atom stereocenters. The van der Waals surface area contributed by atoms with Crippen LogP contribution in [0.1, 0.15) is 189 Å². The standard InChI is InChI=1S/2C48H55N3O5/c2*1-33(2)45(52)55-30-14-10-9-13-29-54-38-24-19-36(20-25-38)46(53)56-39-22-17-35(18-23-39)32-49-43-27-28-44(41-16-12-11-15-40(41)43)51-50-42-26-21-37(31-34(42)3)48(7,8)47(4,5)6/h2*11-12,15-28,31,49H,1,9-10,13-14,29-30,32H2,2-8H3. The van der Waals surface area contributed by atoms with Crippen LogP contribution in [0.2, 0.25) is 0 Å². The van der Waals surface area contributed by atoms with Crippen LogP contribution >= 0.6 is 0 Å². The van der Waals surface area contributed by atoms with Crippen molar-refractivity contribution in [3.63, 3.8) is 0 Å². The third kappa shape index (κ3) is 23.8. The molecule has 0 heterocycles. The summed E-state index contributed by atoms with van der Waals surface area (Å²) in [5.74, 6) is 0.764. The fraction of sp³-hybridized carbons (Fsp3) is 0.333. The first-order valence-corrected chi connectivity index (χ1v) is 38.8. The number of esters is 4. The predicted molar refractivity (Wildman–Crippen MR) is 453 cm³/mol. The molecule has 16 heteroatoms. The number of anilines is 2. The quantitative estimate of drug-likeness (QED) is 0.0127. The van der Waals surface area contributed by atoms with Crippen LogP contribution in [0.5, 0.6) is 23.0 Å². The minimum absolute atomic E-state index is 0.0156. The van der Waals surface area contributed by atoms with Gasteiger partial charge in [0.1, 0.15) is 23.0 Å². The van der Waals surface area contributed by atoms with E-state index in [0.29, 0.717) is 84.8 Å². The summed E-state index contributed by atoms with van der Waals surface area (Å²) >= 11 is 0. The minimum Gasteiger partial charge on any atom is -0.494 e. The van der Waals surface area contributed by atoms with E-state index in [1.165, 1.54) is 11.1 Å². The second kappa shape index (κ2) is 39.4. The molecule has 112 heavy (non-hydrogen) atoms. The maximum absolute atomic E-state index is 12.8. The van der Waals surface area contributed by atoms with Crippen LogP contribution in [-0.2, 0) is 43.0 Å². The SMILES string of the molecule is C=C(C)C(=O)OCCCCCCOc1ccc(C(=O)Oc2ccc(CNc3ccc(N=Nc4ccc(C(C)(C)C(C)(C)C)cc4C)c4ccccc34)cc2)cc1.C=C(C)C(=O)OCCCCCCOc1ccc(C(=O)Oc2ccc(CNc3ccc(N=Nc4ccc(C(C)(C)C(C)(C)C)cc4C)c4ccccc34)cc2)cc1. The van der Waals surface area contributed by atoms with Gasteiger partial charge in [-0.05, 0) is 243 Å². The van der Waals surface area contributed by atoms with Gasteiger partial charge in [-0.25, -0.2) is 19.2 Å². The first kappa shape index (κ1) is 84.5. The van der Waals surface area contributed by atoms with Crippen LogP contribution in [0.3, 0.4) is 0 Å². The Kier molecular flexibility index (Phi) is 29.7. The molecule has 0 atom stereocenters.